The van der Waals surface area contributed by atoms with Crippen molar-refractivity contribution in [2.24, 2.45) is 18.7 Å². The van der Waals surface area contributed by atoms with Crippen molar-refractivity contribution < 1.29 is 14.3 Å². The SMILES string of the molecule is CCN(Cc1ccc(-c2cnn(C)c2)cc1)c1ncnc(NCC2CCN(CC(N)=O)CC2O)c1F. The average Bonchev–Trinajstić information content (AvgIpc) is 3.29. The fourth-order valence-corrected chi connectivity index (χ4v) is 4.51. The number of carbonyl (C=O) groups is 1. The normalized spacial score (nSPS) is 18.2. The van der Waals surface area contributed by atoms with Gasteiger partial charge in [0.1, 0.15) is 6.33 Å². The number of hydrogen-bond acceptors (Lipinski definition) is 8. The Morgan fingerprint density at radius 2 is 2.06 bits per heavy atom. The van der Waals surface area contributed by atoms with E-state index < -0.39 is 17.8 Å². The number of aliphatic hydroxyl groups is 1. The smallest absolute Gasteiger partial charge is 0.231 e. The first kappa shape index (κ1) is 25.5. The number of amides is 1. The first-order valence-corrected chi connectivity index (χ1v) is 12.1. The van der Waals surface area contributed by atoms with Gasteiger partial charge in [0.25, 0.3) is 0 Å². The number of aromatic nitrogens is 4. The number of likely N-dealkylation sites (tertiary alicyclic amines) is 1. The van der Waals surface area contributed by atoms with E-state index in [-0.39, 0.29) is 24.1 Å². The van der Waals surface area contributed by atoms with E-state index in [2.05, 4.69) is 20.4 Å². The van der Waals surface area contributed by atoms with Gasteiger partial charge in [-0.05, 0) is 31.0 Å². The molecule has 1 saturated heterocycles. The zero-order chi connectivity index (χ0) is 25.7. The molecule has 1 amide bonds. The summed E-state index contributed by atoms with van der Waals surface area (Å²) >= 11 is 0. The van der Waals surface area contributed by atoms with Crippen LogP contribution >= 0.6 is 0 Å². The lowest BCUT2D eigenvalue weighted by Crippen LogP contribution is -2.48. The van der Waals surface area contributed by atoms with Gasteiger partial charge >= 0.3 is 0 Å². The molecule has 1 aliphatic rings. The lowest BCUT2D eigenvalue weighted by Gasteiger charge is -2.35. The van der Waals surface area contributed by atoms with E-state index in [0.717, 1.165) is 16.7 Å². The molecule has 1 fully saturated rings. The van der Waals surface area contributed by atoms with Gasteiger partial charge in [-0.2, -0.15) is 9.49 Å². The minimum atomic E-state index is -0.642. The van der Waals surface area contributed by atoms with Crippen molar-refractivity contribution in [3.63, 3.8) is 0 Å². The number of rotatable bonds is 10. The molecule has 0 bridgehead atoms. The highest BCUT2D eigenvalue weighted by Crippen LogP contribution is 2.25. The zero-order valence-electron chi connectivity index (χ0n) is 20.6. The van der Waals surface area contributed by atoms with Gasteiger partial charge in [0.15, 0.2) is 11.6 Å². The van der Waals surface area contributed by atoms with Crippen LogP contribution < -0.4 is 16.0 Å². The fourth-order valence-electron chi connectivity index (χ4n) is 4.51. The van der Waals surface area contributed by atoms with Crippen LogP contribution in [0.1, 0.15) is 18.9 Å². The standard InChI is InChI=1S/C25H33FN8O2/c1-3-34(12-17-4-6-18(7-5-17)20-11-31-32(2)13-20)25-23(26)24(29-16-30-25)28-10-19-8-9-33(14-21(19)35)15-22(27)36/h4-7,11,13,16,19,21,35H,3,8-10,12,14-15H2,1-2H3,(H2,27,36)(H,28,29,30). The van der Waals surface area contributed by atoms with Gasteiger partial charge in [0, 0.05) is 50.9 Å². The molecule has 10 nitrogen and oxygen atoms in total. The lowest BCUT2D eigenvalue weighted by molar-refractivity contribution is -0.120. The zero-order valence-corrected chi connectivity index (χ0v) is 20.6. The Morgan fingerprint density at radius 1 is 1.28 bits per heavy atom. The molecular formula is C25H33FN8O2. The fraction of sp³-hybridized carbons (Fsp3) is 0.440. The molecule has 3 aromatic rings. The maximum atomic E-state index is 15.4. The van der Waals surface area contributed by atoms with Crippen LogP contribution in [0.5, 0.6) is 0 Å². The summed E-state index contributed by atoms with van der Waals surface area (Å²) in [4.78, 5) is 23.1. The summed E-state index contributed by atoms with van der Waals surface area (Å²) in [5.74, 6) is -0.695. The number of halogens is 1. The highest BCUT2D eigenvalue weighted by atomic mass is 19.1. The van der Waals surface area contributed by atoms with E-state index >= 15 is 4.39 Å². The Kier molecular flexibility index (Phi) is 8.11. The van der Waals surface area contributed by atoms with E-state index in [4.69, 9.17) is 5.73 Å². The van der Waals surface area contributed by atoms with Crippen LogP contribution in [0.25, 0.3) is 11.1 Å². The Morgan fingerprint density at radius 3 is 2.69 bits per heavy atom. The van der Waals surface area contributed by atoms with Gasteiger partial charge in [-0.1, -0.05) is 24.3 Å². The Bertz CT molecular complexity index is 1170. The van der Waals surface area contributed by atoms with Gasteiger partial charge in [-0.3, -0.25) is 14.4 Å². The minimum absolute atomic E-state index is 0.0902. The molecule has 0 radical (unpaired) electrons. The third kappa shape index (κ3) is 6.16. The first-order valence-electron chi connectivity index (χ1n) is 12.1. The number of piperidine rings is 1. The summed E-state index contributed by atoms with van der Waals surface area (Å²) in [5.41, 5.74) is 8.38. The molecule has 192 valence electrons. The van der Waals surface area contributed by atoms with Crippen LogP contribution in [0, 0.1) is 11.7 Å². The number of aryl methyl sites for hydroxylation is 1. The van der Waals surface area contributed by atoms with E-state index in [1.807, 2.05) is 60.4 Å². The molecule has 11 heteroatoms. The summed E-state index contributed by atoms with van der Waals surface area (Å²) in [7, 11) is 1.88. The van der Waals surface area contributed by atoms with Crippen molar-refractivity contribution in [2.75, 3.05) is 42.9 Å². The Balaban J connectivity index is 1.39. The topological polar surface area (TPSA) is 125 Å². The summed E-state index contributed by atoms with van der Waals surface area (Å²) in [6.45, 7) is 4.50. The summed E-state index contributed by atoms with van der Waals surface area (Å²) in [6.07, 6.45) is 5.15. The van der Waals surface area contributed by atoms with Crippen LogP contribution in [0.2, 0.25) is 0 Å². The maximum absolute atomic E-state index is 15.4. The van der Waals surface area contributed by atoms with Gasteiger partial charge < -0.3 is 21.1 Å². The van der Waals surface area contributed by atoms with Crippen LogP contribution in [0.15, 0.2) is 43.0 Å². The number of primary amides is 1. The minimum Gasteiger partial charge on any atom is -0.391 e. The van der Waals surface area contributed by atoms with Gasteiger partial charge in [0.2, 0.25) is 11.7 Å². The third-order valence-corrected chi connectivity index (χ3v) is 6.53. The van der Waals surface area contributed by atoms with E-state index in [9.17, 15) is 9.90 Å². The van der Waals surface area contributed by atoms with Crippen LogP contribution in [0.3, 0.4) is 0 Å². The molecule has 1 aliphatic heterocycles. The molecule has 2 aromatic heterocycles. The molecule has 3 heterocycles. The van der Waals surface area contributed by atoms with Crippen LogP contribution in [-0.4, -0.2) is 74.5 Å². The molecule has 0 spiro atoms. The molecule has 1 aromatic carbocycles. The molecular weight excluding hydrogens is 463 g/mol. The number of hydrogen-bond donors (Lipinski definition) is 3. The van der Waals surface area contributed by atoms with Crippen LogP contribution in [0.4, 0.5) is 16.0 Å². The van der Waals surface area contributed by atoms with Crippen molar-refractivity contribution in [2.45, 2.75) is 26.0 Å². The summed E-state index contributed by atoms with van der Waals surface area (Å²) in [5, 5.41) is 17.7. The monoisotopic (exact) mass is 496 g/mol. The van der Waals surface area contributed by atoms with E-state index in [0.29, 0.717) is 39.1 Å². The molecule has 0 aliphatic carbocycles. The second kappa shape index (κ2) is 11.4. The number of nitrogens with one attached hydrogen (secondary N) is 1. The molecule has 4 rings (SSSR count). The second-order valence-electron chi connectivity index (χ2n) is 9.17. The second-order valence-corrected chi connectivity index (χ2v) is 9.17. The highest BCUT2D eigenvalue weighted by molar-refractivity contribution is 5.75. The number of nitrogens with two attached hydrogens (primary N) is 1. The molecule has 2 atom stereocenters. The lowest BCUT2D eigenvalue weighted by atomic mass is 9.93. The molecule has 4 N–H and O–H groups in total. The van der Waals surface area contributed by atoms with Crippen molar-refractivity contribution in [1.29, 1.82) is 0 Å². The maximum Gasteiger partial charge on any atom is 0.231 e. The molecule has 0 saturated carbocycles. The quantitative estimate of drug-likeness (QED) is 0.387. The number of β-amino-alcohol motifs (C(OH)–C–C–N with tert-alkyl or cyclic N) is 1. The van der Waals surface area contributed by atoms with Crippen LogP contribution in [-0.2, 0) is 18.4 Å². The Hall–Kier alpha value is -3.57. The number of aliphatic hydroxyl groups excluding tert-OH is 1. The summed E-state index contributed by atoms with van der Waals surface area (Å²) < 4.78 is 17.2. The van der Waals surface area contributed by atoms with Gasteiger partial charge in [0.05, 0.1) is 18.8 Å². The van der Waals surface area contributed by atoms with Gasteiger partial charge in [-0.15, -0.1) is 0 Å². The first-order chi connectivity index (χ1) is 17.3. The average molecular weight is 497 g/mol. The largest absolute Gasteiger partial charge is 0.391 e. The van der Waals surface area contributed by atoms with E-state index in [1.54, 1.807) is 4.68 Å². The van der Waals surface area contributed by atoms with Crippen molar-refractivity contribution in [3.05, 3.63) is 54.4 Å². The van der Waals surface area contributed by atoms with Crippen molar-refractivity contribution in [1.82, 2.24) is 24.6 Å². The molecule has 36 heavy (non-hydrogen) atoms. The number of anilines is 2. The third-order valence-electron chi connectivity index (χ3n) is 6.53. The van der Waals surface area contributed by atoms with Crippen molar-refractivity contribution >= 4 is 17.5 Å². The summed E-state index contributed by atoms with van der Waals surface area (Å²) in [6, 6.07) is 8.11. The molecule has 2 unspecified atom stereocenters. The number of benzene rings is 1. The number of nitrogens with zero attached hydrogens (tertiary/aromatic N) is 6. The highest BCUT2D eigenvalue weighted by Gasteiger charge is 2.28. The predicted octanol–water partition coefficient (Wildman–Crippen LogP) is 1.62. The Labute approximate surface area is 209 Å². The van der Waals surface area contributed by atoms with Gasteiger partial charge in [-0.25, -0.2) is 9.97 Å². The number of carbonyl (C=O) groups excluding carboxylic acids is 1. The van der Waals surface area contributed by atoms with Crippen molar-refractivity contribution in [3.8, 4) is 11.1 Å². The predicted molar refractivity (Wildman–Crippen MR) is 136 cm³/mol. The van der Waals surface area contributed by atoms with E-state index in [1.165, 1.54) is 6.33 Å².